The van der Waals surface area contributed by atoms with Gasteiger partial charge in [0.1, 0.15) is 6.61 Å². The average molecular weight is 219 g/mol. The minimum absolute atomic E-state index is 0.117. The zero-order chi connectivity index (χ0) is 12.1. The lowest BCUT2D eigenvalue weighted by atomic mass is 10.1. The van der Waals surface area contributed by atoms with E-state index < -0.39 is 11.6 Å². The lowest BCUT2D eigenvalue weighted by Gasteiger charge is -2.21. The average Bonchev–Trinajstić information content (AvgIpc) is 2.10. The molecule has 0 rings (SSSR count). The van der Waals surface area contributed by atoms with Gasteiger partial charge in [0.2, 0.25) is 0 Å². The Kier molecular flexibility index (Phi) is 5.20. The van der Waals surface area contributed by atoms with Crippen molar-refractivity contribution in [2.24, 2.45) is 5.73 Å². The minimum Gasteiger partial charge on any atom is -0.461 e. The first-order valence-corrected chi connectivity index (χ1v) is 4.93. The molecule has 0 aromatic carbocycles. The van der Waals surface area contributed by atoms with Gasteiger partial charge < -0.3 is 20.3 Å². The largest absolute Gasteiger partial charge is 0.461 e. The normalized spacial score (nSPS) is 15.9. The van der Waals surface area contributed by atoms with Crippen LogP contribution in [0, 0.1) is 0 Å². The Balaban J connectivity index is 3.74. The summed E-state index contributed by atoms with van der Waals surface area (Å²) in [4.78, 5) is 11.2. The number of nitrogens with two attached hydrogens (primary N) is 1. The Morgan fingerprint density at radius 2 is 1.80 bits per heavy atom. The third kappa shape index (κ3) is 6.43. The first kappa shape index (κ1) is 14.3. The lowest BCUT2D eigenvalue weighted by Crippen LogP contribution is -2.44. The molecule has 5 heteroatoms. The van der Waals surface area contributed by atoms with Gasteiger partial charge in [-0.25, -0.2) is 4.79 Å². The first-order valence-electron chi connectivity index (χ1n) is 4.93. The molecule has 90 valence electrons. The highest BCUT2D eigenvalue weighted by Crippen LogP contribution is 2.07. The van der Waals surface area contributed by atoms with Gasteiger partial charge in [0.05, 0.1) is 12.2 Å². The number of hydrogen-bond acceptors (Lipinski definition) is 5. The number of carbonyl (C=O) groups excluding carboxylic acids is 1. The Labute approximate surface area is 90.5 Å². The van der Waals surface area contributed by atoms with Crippen LogP contribution < -0.4 is 5.73 Å². The van der Waals surface area contributed by atoms with Gasteiger partial charge in [0.25, 0.3) is 0 Å². The molecule has 0 heterocycles. The third-order valence-corrected chi connectivity index (χ3v) is 1.69. The van der Waals surface area contributed by atoms with Gasteiger partial charge in [-0.15, -0.1) is 0 Å². The van der Waals surface area contributed by atoms with Gasteiger partial charge >= 0.3 is 5.97 Å². The van der Waals surface area contributed by atoms with E-state index in [1.54, 1.807) is 0 Å². The maximum atomic E-state index is 11.2. The molecule has 1 unspecified atom stereocenters. The van der Waals surface area contributed by atoms with Gasteiger partial charge in [0, 0.05) is 6.54 Å². The van der Waals surface area contributed by atoms with Gasteiger partial charge in [-0.05, 0) is 27.7 Å². The number of rotatable bonds is 5. The summed E-state index contributed by atoms with van der Waals surface area (Å²) in [5.74, 6) is -0.720. The van der Waals surface area contributed by atoms with Crippen LogP contribution in [0.1, 0.15) is 27.7 Å². The third-order valence-electron chi connectivity index (χ3n) is 1.69. The second-order valence-electron chi connectivity index (χ2n) is 4.57. The highest BCUT2D eigenvalue weighted by molar-refractivity contribution is 5.78. The van der Waals surface area contributed by atoms with Crippen molar-refractivity contribution in [1.29, 1.82) is 0 Å². The van der Waals surface area contributed by atoms with Crippen LogP contribution in [0.25, 0.3) is 0 Å². The van der Waals surface area contributed by atoms with Crippen molar-refractivity contribution in [2.45, 2.75) is 38.9 Å². The van der Waals surface area contributed by atoms with Crippen molar-refractivity contribution >= 4 is 5.97 Å². The van der Waals surface area contributed by atoms with Crippen molar-refractivity contribution in [2.75, 3.05) is 19.8 Å². The van der Waals surface area contributed by atoms with E-state index in [0.29, 0.717) is 6.61 Å². The highest BCUT2D eigenvalue weighted by atomic mass is 16.6. The minimum atomic E-state index is -1.61. The van der Waals surface area contributed by atoms with Gasteiger partial charge in [-0.2, -0.15) is 0 Å². The molecular formula is C10H21NO4. The number of esters is 1. The van der Waals surface area contributed by atoms with Crippen LogP contribution in [0.2, 0.25) is 0 Å². The fourth-order valence-electron chi connectivity index (χ4n) is 0.721. The molecule has 5 nitrogen and oxygen atoms in total. The quantitative estimate of drug-likeness (QED) is 0.504. The van der Waals surface area contributed by atoms with Crippen molar-refractivity contribution in [3.05, 3.63) is 0 Å². The van der Waals surface area contributed by atoms with E-state index in [2.05, 4.69) is 0 Å². The summed E-state index contributed by atoms with van der Waals surface area (Å²) in [5.41, 5.74) is 3.33. The molecule has 0 aromatic heterocycles. The summed E-state index contributed by atoms with van der Waals surface area (Å²) >= 11 is 0. The van der Waals surface area contributed by atoms with Crippen LogP contribution in [0.5, 0.6) is 0 Å². The molecule has 0 aliphatic rings. The Bertz CT molecular complexity index is 208. The molecule has 15 heavy (non-hydrogen) atoms. The van der Waals surface area contributed by atoms with Gasteiger partial charge in [-0.1, -0.05) is 0 Å². The lowest BCUT2D eigenvalue weighted by molar-refractivity contribution is -0.165. The standard InChI is InChI=1S/C10H21NO4/c1-9(2,3)15-6-5-14-8(12)10(4,13)7-11/h13H,5-7,11H2,1-4H3. The summed E-state index contributed by atoms with van der Waals surface area (Å²) in [6.45, 7) is 7.30. The van der Waals surface area contributed by atoms with E-state index in [9.17, 15) is 9.90 Å². The van der Waals surface area contributed by atoms with Crippen LogP contribution in [-0.4, -0.2) is 42.0 Å². The Morgan fingerprint density at radius 3 is 2.20 bits per heavy atom. The first-order chi connectivity index (χ1) is 6.69. The second kappa shape index (κ2) is 5.44. The van der Waals surface area contributed by atoms with Crippen molar-refractivity contribution in [1.82, 2.24) is 0 Å². The van der Waals surface area contributed by atoms with E-state index in [1.807, 2.05) is 20.8 Å². The van der Waals surface area contributed by atoms with E-state index in [0.717, 1.165) is 0 Å². The van der Waals surface area contributed by atoms with E-state index in [4.69, 9.17) is 15.2 Å². The number of carbonyl (C=O) groups is 1. The fraction of sp³-hybridized carbons (Fsp3) is 0.900. The summed E-state index contributed by atoms with van der Waals surface area (Å²) in [6.07, 6.45) is 0. The van der Waals surface area contributed by atoms with Gasteiger partial charge in [-0.3, -0.25) is 0 Å². The summed E-state index contributed by atoms with van der Waals surface area (Å²) in [7, 11) is 0. The molecule has 3 N–H and O–H groups in total. The molecule has 0 aliphatic heterocycles. The highest BCUT2D eigenvalue weighted by Gasteiger charge is 2.30. The van der Waals surface area contributed by atoms with Crippen LogP contribution in [0.15, 0.2) is 0 Å². The predicted molar refractivity (Wildman–Crippen MR) is 56.3 cm³/mol. The molecule has 0 spiro atoms. The van der Waals surface area contributed by atoms with Gasteiger partial charge in [0.15, 0.2) is 5.60 Å². The molecule has 0 saturated carbocycles. The van der Waals surface area contributed by atoms with E-state index >= 15 is 0 Å². The number of ether oxygens (including phenoxy) is 2. The summed E-state index contributed by atoms with van der Waals surface area (Å²) in [5, 5.41) is 9.41. The van der Waals surface area contributed by atoms with E-state index in [-0.39, 0.29) is 18.8 Å². The number of hydrogen-bond donors (Lipinski definition) is 2. The fourth-order valence-corrected chi connectivity index (χ4v) is 0.721. The monoisotopic (exact) mass is 219 g/mol. The molecule has 0 saturated heterocycles. The molecule has 1 atom stereocenters. The molecule has 0 radical (unpaired) electrons. The van der Waals surface area contributed by atoms with E-state index in [1.165, 1.54) is 6.92 Å². The molecule has 0 amide bonds. The second-order valence-corrected chi connectivity index (χ2v) is 4.57. The van der Waals surface area contributed by atoms with Crippen LogP contribution in [0.3, 0.4) is 0 Å². The van der Waals surface area contributed by atoms with Crippen molar-refractivity contribution in [3.8, 4) is 0 Å². The molecular weight excluding hydrogens is 198 g/mol. The summed E-state index contributed by atoms with van der Waals surface area (Å²) < 4.78 is 10.1. The number of aliphatic hydroxyl groups is 1. The molecule has 0 aliphatic carbocycles. The van der Waals surface area contributed by atoms with Crippen LogP contribution in [-0.2, 0) is 14.3 Å². The maximum Gasteiger partial charge on any atom is 0.339 e. The van der Waals surface area contributed by atoms with Crippen LogP contribution >= 0.6 is 0 Å². The summed E-state index contributed by atoms with van der Waals surface area (Å²) in [6, 6.07) is 0. The zero-order valence-corrected chi connectivity index (χ0v) is 9.87. The Morgan fingerprint density at radius 1 is 1.27 bits per heavy atom. The van der Waals surface area contributed by atoms with Crippen LogP contribution in [0.4, 0.5) is 0 Å². The smallest absolute Gasteiger partial charge is 0.339 e. The predicted octanol–water partition coefficient (Wildman–Crippen LogP) is 0.0544. The zero-order valence-electron chi connectivity index (χ0n) is 9.87. The molecule has 0 fully saturated rings. The molecule has 0 aromatic rings. The van der Waals surface area contributed by atoms with Crippen molar-refractivity contribution in [3.63, 3.8) is 0 Å². The Hall–Kier alpha value is -0.650. The topological polar surface area (TPSA) is 81.8 Å². The molecule has 0 bridgehead atoms. The SMILES string of the molecule is CC(C)(C)OCCOC(=O)C(C)(O)CN. The maximum absolute atomic E-state index is 11.2. The van der Waals surface area contributed by atoms with Crippen molar-refractivity contribution < 1.29 is 19.4 Å².